The molecule has 1 unspecified atom stereocenters. The highest BCUT2D eigenvalue weighted by Gasteiger charge is 2.09. The van der Waals surface area contributed by atoms with Crippen LogP contribution in [0.15, 0.2) is 22.7 Å². The number of rotatable bonds is 4. The van der Waals surface area contributed by atoms with Gasteiger partial charge in [-0.2, -0.15) is 0 Å². The van der Waals surface area contributed by atoms with Crippen LogP contribution >= 0.6 is 15.9 Å². The predicted octanol–water partition coefficient (Wildman–Crippen LogP) is 1.72. The lowest BCUT2D eigenvalue weighted by Crippen LogP contribution is -2.33. The molecule has 0 saturated carbocycles. The van der Waals surface area contributed by atoms with Gasteiger partial charge in [0.15, 0.2) is 0 Å². The zero-order chi connectivity index (χ0) is 11.4. The molecule has 0 radical (unpaired) electrons. The Morgan fingerprint density at radius 1 is 1.60 bits per heavy atom. The Bertz CT molecular complexity index is 368. The molecule has 1 rings (SSSR count). The van der Waals surface area contributed by atoms with Gasteiger partial charge < -0.3 is 15.5 Å². The smallest absolute Gasteiger partial charge is 0.320 e. The Hall–Kier alpha value is -1.07. The fourth-order valence-corrected chi connectivity index (χ4v) is 1.44. The topological polar surface area (TPSA) is 69.6 Å². The van der Waals surface area contributed by atoms with E-state index in [0.717, 1.165) is 5.56 Å². The van der Waals surface area contributed by atoms with Crippen LogP contribution in [0.2, 0.25) is 0 Å². The Morgan fingerprint density at radius 3 is 2.80 bits per heavy atom. The number of carbonyl (C=O) groups is 1. The van der Waals surface area contributed by atoms with Gasteiger partial charge in [-0.3, -0.25) is 4.79 Å². The van der Waals surface area contributed by atoms with Crippen LogP contribution in [0.3, 0.4) is 0 Å². The number of phenols is 1. The number of phenolic OH excluding ortho intramolecular Hbond substituents is 1. The maximum atomic E-state index is 10.5. The zero-order valence-electron chi connectivity index (χ0n) is 8.20. The van der Waals surface area contributed by atoms with E-state index >= 15 is 0 Å². The van der Waals surface area contributed by atoms with Gasteiger partial charge in [-0.05, 0) is 40.5 Å². The minimum absolute atomic E-state index is 0.171. The largest absolute Gasteiger partial charge is 0.507 e. The summed E-state index contributed by atoms with van der Waals surface area (Å²) >= 11 is 3.19. The summed E-state index contributed by atoms with van der Waals surface area (Å²) in [5.41, 5.74) is 0.910. The van der Waals surface area contributed by atoms with Gasteiger partial charge in [-0.15, -0.1) is 0 Å². The highest BCUT2D eigenvalue weighted by molar-refractivity contribution is 9.10. The van der Waals surface area contributed by atoms with Gasteiger partial charge in [-0.25, -0.2) is 0 Å². The average Bonchev–Trinajstić information content (AvgIpc) is 2.19. The molecule has 0 aromatic heterocycles. The summed E-state index contributed by atoms with van der Waals surface area (Å²) in [5.74, 6) is -0.710. The van der Waals surface area contributed by atoms with Crippen molar-refractivity contribution in [2.24, 2.45) is 0 Å². The molecule has 0 spiro atoms. The van der Waals surface area contributed by atoms with Crippen molar-refractivity contribution in [1.29, 1.82) is 0 Å². The molecule has 3 N–H and O–H groups in total. The first-order chi connectivity index (χ1) is 7.00. The van der Waals surface area contributed by atoms with E-state index in [0.29, 0.717) is 11.0 Å². The molecule has 0 aliphatic heterocycles. The third kappa shape index (κ3) is 3.53. The van der Waals surface area contributed by atoms with Crippen LogP contribution in [0.4, 0.5) is 0 Å². The number of aromatic hydroxyl groups is 1. The molecule has 15 heavy (non-hydrogen) atoms. The Morgan fingerprint density at radius 2 is 2.27 bits per heavy atom. The van der Waals surface area contributed by atoms with E-state index in [1.54, 1.807) is 25.1 Å². The summed E-state index contributed by atoms with van der Waals surface area (Å²) in [6.45, 7) is 2.03. The van der Waals surface area contributed by atoms with Gasteiger partial charge in [0.1, 0.15) is 11.8 Å². The SMILES string of the molecule is CC(NCc1ccc(O)c(Br)c1)C(=O)O. The van der Waals surface area contributed by atoms with Gasteiger partial charge >= 0.3 is 5.97 Å². The fourth-order valence-electron chi connectivity index (χ4n) is 1.02. The third-order valence-electron chi connectivity index (χ3n) is 1.99. The number of aliphatic carboxylic acids is 1. The van der Waals surface area contributed by atoms with Crippen molar-refractivity contribution < 1.29 is 15.0 Å². The molecule has 0 aliphatic rings. The first-order valence-corrected chi connectivity index (χ1v) is 5.23. The second-order valence-corrected chi connectivity index (χ2v) is 4.08. The van der Waals surface area contributed by atoms with Gasteiger partial charge in [-0.1, -0.05) is 6.07 Å². The van der Waals surface area contributed by atoms with Crippen LogP contribution in [-0.4, -0.2) is 22.2 Å². The van der Waals surface area contributed by atoms with E-state index in [4.69, 9.17) is 5.11 Å². The van der Waals surface area contributed by atoms with E-state index in [1.807, 2.05) is 0 Å². The predicted molar refractivity (Wildman–Crippen MR) is 59.7 cm³/mol. The zero-order valence-corrected chi connectivity index (χ0v) is 9.78. The maximum Gasteiger partial charge on any atom is 0.320 e. The minimum Gasteiger partial charge on any atom is -0.507 e. The van der Waals surface area contributed by atoms with Gasteiger partial charge in [0.05, 0.1) is 4.47 Å². The van der Waals surface area contributed by atoms with Crippen molar-refractivity contribution in [3.8, 4) is 5.75 Å². The second-order valence-electron chi connectivity index (χ2n) is 3.23. The second kappa shape index (κ2) is 5.14. The number of carboxylic acid groups (broad SMARTS) is 1. The molecule has 5 heteroatoms. The van der Waals surface area contributed by atoms with Crippen LogP contribution in [-0.2, 0) is 11.3 Å². The van der Waals surface area contributed by atoms with Crippen LogP contribution in [0.5, 0.6) is 5.75 Å². The van der Waals surface area contributed by atoms with Crippen LogP contribution < -0.4 is 5.32 Å². The average molecular weight is 274 g/mol. The highest BCUT2D eigenvalue weighted by atomic mass is 79.9. The summed E-state index contributed by atoms with van der Waals surface area (Å²) in [5, 5.41) is 20.7. The van der Waals surface area contributed by atoms with Crippen molar-refractivity contribution >= 4 is 21.9 Å². The molecule has 1 atom stereocenters. The number of hydrogen-bond acceptors (Lipinski definition) is 3. The van der Waals surface area contributed by atoms with Gasteiger partial charge in [0, 0.05) is 6.54 Å². The first kappa shape index (κ1) is 12.0. The molecule has 4 nitrogen and oxygen atoms in total. The number of carboxylic acids is 1. The summed E-state index contributed by atoms with van der Waals surface area (Å²) in [4.78, 5) is 10.5. The monoisotopic (exact) mass is 273 g/mol. The van der Waals surface area contributed by atoms with E-state index in [2.05, 4.69) is 21.2 Å². The lowest BCUT2D eigenvalue weighted by atomic mass is 10.2. The standard InChI is InChI=1S/C10H12BrNO3/c1-6(10(14)15)12-5-7-2-3-9(13)8(11)4-7/h2-4,6,12-13H,5H2,1H3,(H,14,15). The minimum atomic E-state index is -0.882. The van der Waals surface area contributed by atoms with E-state index in [1.165, 1.54) is 0 Å². The lowest BCUT2D eigenvalue weighted by Gasteiger charge is -2.09. The van der Waals surface area contributed by atoms with Crippen LogP contribution in [0, 0.1) is 0 Å². The molecule has 0 amide bonds. The Labute approximate surface area is 96.1 Å². The van der Waals surface area contributed by atoms with Crippen molar-refractivity contribution in [3.63, 3.8) is 0 Å². The summed E-state index contributed by atoms with van der Waals surface area (Å²) in [6, 6.07) is 4.46. The number of nitrogens with one attached hydrogen (secondary N) is 1. The summed E-state index contributed by atoms with van der Waals surface area (Å²) < 4.78 is 0.602. The van der Waals surface area contributed by atoms with Gasteiger partial charge in [0.2, 0.25) is 0 Å². The molecule has 1 aromatic carbocycles. The first-order valence-electron chi connectivity index (χ1n) is 4.44. The van der Waals surface area contributed by atoms with Crippen molar-refractivity contribution in [1.82, 2.24) is 5.32 Å². The molecule has 0 fully saturated rings. The molecule has 0 aliphatic carbocycles. The summed E-state index contributed by atoms with van der Waals surface area (Å²) in [6.07, 6.45) is 0. The molecule has 1 aromatic rings. The summed E-state index contributed by atoms with van der Waals surface area (Å²) in [7, 11) is 0. The molecule has 0 bridgehead atoms. The molecule has 0 saturated heterocycles. The third-order valence-corrected chi connectivity index (χ3v) is 2.63. The normalized spacial score (nSPS) is 12.4. The van der Waals surface area contributed by atoms with E-state index in [9.17, 15) is 9.90 Å². The number of halogens is 1. The lowest BCUT2D eigenvalue weighted by molar-refractivity contribution is -0.139. The van der Waals surface area contributed by atoms with Crippen LogP contribution in [0.1, 0.15) is 12.5 Å². The Kier molecular flexibility index (Phi) is 4.11. The molecular formula is C10H12BrNO3. The van der Waals surface area contributed by atoms with Crippen molar-refractivity contribution in [2.45, 2.75) is 19.5 Å². The number of benzene rings is 1. The molecule has 82 valence electrons. The fraction of sp³-hybridized carbons (Fsp3) is 0.300. The van der Waals surface area contributed by atoms with Crippen LogP contribution in [0.25, 0.3) is 0 Å². The maximum absolute atomic E-state index is 10.5. The Balaban J connectivity index is 2.58. The quantitative estimate of drug-likeness (QED) is 0.781. The van der Waals surface area contributed by atoms with E-state index < -0.39 is 12.0 Å². The number of hydrogen-bond donors (Lipinski definition) is 3. The van der Waals surface area contributed by atoms with Crippen molar-refractivity contribution in [3.05, 3.63) is 28.2 Å². The highest BCUT2D eigenvalue weighted by Crippen LogP contribution is 2.24. The van der Waals surface area contributed by atoms with Gasteiger partial charge in [0.25, 0.3) is 0 Å². The van der Waals surface area contributed by atoms with E-state index in [-0.39, 0.29) is 5.75 Å². The van der Waals surface area contributed by atoms with Crippen molar-refractivity contribution in [2.75, 3.05) is 0 Å². The molecule has 0 heterocycles. The molecular weight excluding hydrogens is 262 g/mol.